The first-order valence-electron chi connectivity index (χ1n) is 5.50. The second kappa shape index (κ2) is 4.26. The van der Waals surface area contributed by atoms with E-state index in [1.54, 1.807) is 6.26 Å². The summed E-state index contributed by atoms with van der Waals surface area (Å²) in [7, 11) is 0. The second-order valence-electron chi connectivity index (χ2n) is 3.76. The first kappa shape index (κ1) is 9.85. The van der Waals surface area contributed by atoms with Gasteiger partial charge in [-0.1, -0.05) is 36.4 Å². The highest BCUT2D eigenvalue weighted by molar-refractivity contribution is 5.97. The van der Waals surface area contributed by atoms with Crippen molar-refractivity contribution in [1.29, 1.82) is 0 Å². The third kappa shape index (κ3) is 1.97. The molecule has 3 rings (SSSR count). The first-order chi connectivity index (χ1) is 8.43. The molecule has 0 saturated heterocycles. The van der Waals surface area contributed by atoms with Gasteiger partial charge in [-0.25, -0.2) is 4.99 Å². The molecule has 0 radical (unpaired) electrons. The van der Waals surface area contributed by atoms with Crippen LogP contribution >= 0.6 is 0 Å². The molecule has 0 aromatic heterocycles. The largest absolute Gasteiger partial charge is 0.446 e. The van der Waals surface area contributed by atoms with Crippen LogP contribution in [0.2, 0.25) is 0 Å². The Labute approximate surface area is 99.9 Å². The number of aliphatic imine (C=N–C) groups is 1. The zero-order valence-electron chi connectivity index (χ0n) is 9.21. The predicted molar refractivity (Wildman–Crippen MR) is 69.2 cm³/mol. The summed E-state index contributed by atoms with van der Waals surface area (Å²) in [5.41, 5.74) is 2.98. The van der Waals surface area contributed by atoms with Gasteiger partial charge in [-0.2, -0.15) is 0 Å². The molecule has 1 aliphatic rings. The number of hydrogen-bond acceptors (Lipinski definition) is 2. The van der Waals surface area contributed by atoms with Crippen LogP contribution in [0, 0.1) is 0 Å². The van der Waals surface area contributed by atoms with E-state index in [2.05, 4.69) is 4.99 Å². The van der Waals surface area contributed by atoms with E-state index in [0.29, 0.717) is 5.90 Å². The molecular weight excluding hydrogens is 210 g/mol. The van der Waals surface area contributed by atoms with Gasteiger partial charge in [-0.15, -0.1) is 0 Å². The van der Waals surface area contributed by atoms with Crippen molar-refractivity contribution >= 4 is 17.7 Å². The first-order valence-corrected chi connectivity index (χ1v) is 5.50. The fourth-order valence-electron chi connectivity index (χ4n) is 1.75. The van der Waals surface area contributed by atoms with Gasteiger partial charge in [0.1, 0.15) is 0 Å². The number of ether oxygens (including phenoxy) is 1. The minimum atomic E-state index is 0.631. The third-order valence-electron chi connectivity index (χ3n) is 2.61. The fourth-order valence-corrected chi connectivity index (χ4v) is 1.75. The number of rotatable bonds is 1. The van der Waals surface area contributed by atoms with E-state index in [1.165, 1.54) is 0 Å². The lowest BCUT2D eigenvalue weighted by Crippen LogP contribution is -2.00. The van der Waals surface area contributed by atoms with E-state index in [9.17, 15) is 0 Å². The molecule has 82 valence electrons. The Kier molecular flexibility index (Phi) is 2.47. The summed E-state index contributed by atoms with van der Waals surface area (Å²) in [5.74, 6) is 0.631. The van der Waals surface area contributed by atoms with Gasteiger partial charge in [-0.05, 0) is 24.3 Å². The summed E-state index contributed by atoms with van der Waals surface area (Å²) in [6.45, 7) is 0. The molecule has 0 amide bonds. The van der Waals surface area contributed by atoms with Crippen LogP contribution in [0.15, 0.2) is 65.9 Å². The van der Waals surface area contributed by atoms with Gasteiger partial charge in [0.05, 0.1) is 11.9 Å². The summed E-state index contributed by atoms with van der Waals surface area (Å²) in [5, 5.41) is 0. The van der Waals surface area contributed by atoms with Crippen LogP contribution < -0.4 is 0 Å². The lowest BCUT2D eigenvalue weighted by molar-refractivity contribution is 0.479. The number of para-hydroxylation sites is 1. The molecule has 1 heterocycles. The number of fused-ring (bicyclic) bond motifs is 1. The highest BCUT2D eigenvalue weighted by Gasteiger charge is 2.08. The predicted octanol–water partition coefficient (Wildman–Crippen LogP) is 3.77. The van der Waals surface area contributed by atoms with Crippen LogP contribution in [0.5, 0.6) is 0 Å². The molecule has 0 unspecified atom stereocenters. The van der Waals surface area contributed by atoms with Gasteiger partial charge in [-0.3, -0.25) is 0 Å². The van der Waals surface area contributed by atoms with Gasteiger partial charge in [0, 0.05) is 11.1 Å². The molecule has 0 fully saturated rings. The van der Waals surface area contributed by atoms with Gasteiger partial charge >= 0.3 is 0 Å². The molecule has 2 heteroatoms. The molecule has 0 N–H and O–H groups in total. The Morgan fingerprint density at radius 2 is 1.59 bits per heavy atom. The Morgan fingerprint density at radius 1 is 0.824 bits per heavy atom. The summed E-state index contributed by atoms with van der Waals surface area (Å²) in [4.78, 5) is 4.54. The van der Waals surface area contributed by atoms with Crippen molar-refractivity contribution in [2.45, 2.75) is 0 Å². The molecule has 2 aromatic carbocycles. The van der Waals surface area contributed by atoms with Crippen LogP contribution in [0.25, 0.3) is 6.08 Å². The number of hydrogen-bond donors (Lipinski definition) is 0. The van der Waals surface area contributed by atoms with Crippen molar-refractivity contribution in [1.82, 2.24) is 0 Å². The molecule has 1 aliphatic heterocycles. The average Bonchev–Trinajstić information content (AvgIpc) is 2.62. The summed E-state index contributed by atoms with van der Waals surface area (Å²) >= 11 is 0. The van der Waals surface area contributed by atoms with Gasteiger partial charge in [0.2, 0.25) is 5.90 Å². The van der Waals surface area contributed by atoms with E-state index in [4.69, 9.17) is 4.74 Å². The van der Waals surface area contributed by atoms with Gasteiger partial charge in [0.25, 0.3) is 0 Å². The van der Waals surface area contributed by atoms with E-state index in [0.717, 1.165) is 16.8 Å². The SMILES string of the molecule is C1=Cc2ccccc2N=C(c2ccccc2)O1. The normalized spacial score (nSPS) is 13.3. The minimum absolute atomic E-state index is 0.631. The molecule has 17 heavy (non-hydrogen) atoms. The summed E-state index contributed by atoms with van der Waals surface area (Å²) < 4.78 is 5.54. The van der Waals surface area contributed by atoms with E-state index in [-0.39, 0.29) is 0 Å². The molecule has 0 bridgehead atoms. The van der Waals surface area contributed by atoms with Crippen molar-refractivity contribution in [3.05, 3.63) is 72.0 Å². The second-order valence-corrected chi connectivity index (χ2v) is 3.76. The monoisotopic (exact) mass is 221 g/mol. The van der Waals surface area contributed by atoms with E-state index >= 15 is 0 Å². The standard InChI is InChI=1S/C15H11NO/c1-2-7-13(8-3-1)15-16-14-9-5-4-6-12(14)10-11-17-15/h1-11H. The molecule has 2 aromatic rings. The third-order valence-corrected chi connectivity index (χ3v) is 2.61. The lowest BCUT2D eigenvalue weighted by atomic mass is 10.2. The van der Waals surface area contributed by atoms with Crippen molar-refractivity contribution in [3.8, 4) is 0 Å². The average molecular weight is 221 g/mol. The Morgan fingerprint density at radius 3 is 2.47 bits per heavy atom. The number of benzene rings is 2. The summed E-state index contributed by atoms with van der Waals surface area (Å²) in [6.07, 6.45) is 3.60. The molecule has 0 saturated carbocycles. The maximum atomic E-state index is 5.54. The van der Waals surface area contributed by atoms with Crippen molar-refractivity contribution in [2.24, 2.45) is 4.99 Å². The van der Waals surface area contributed by atoms with Gasteiger partial charge < -0.3 is 4.74 Å². The molecule has 2 nitrogen and oxygen atoms in total. The Hall–Kier alpha value is -2.35. The smallest absolute Gasteiger partial charge is 0.226 e. The molecule has 0 spiro atoms. The minimum Gasteiger partial charge on any atom is -0.446 e. The van der Waals surface area contributed by atoms with Crippen LogP contribution in [0.1, 0.15) is 11.1 Å². The van der Waals surface area contributed by atoms with E-state index < -0.39 is 0 Å². The van der Waals surface area contributed by atoms with Crippen molar-refractivity contribution in [3.63, 3.8) is 0 Å². The van der Waals surface area contributed by atoms with Crippen molar-refractivity contribution < 1.29 is 4.74 Å². The van der Waals surface area contributed by atoms with E-state index in [1.807, 2.05) is 60.7 Å². The Balaban J connectivity index is 2.10. The molecule has 0 atom stereocenters. The highest BCUT2D eigenvalue weighted by Crippen LogP contribution is 2.24. The Bertz CT molecular complexity index is 585. The fraction of sp³-hybridized carbons (Fsp3) is 0. The highest BCUT2D eigenvalue weighted by atomic mass is 16.5. The van der Waals surface area contributed by atoms with Crippen molar-refractivity contribution in [2.75, 3.05) is 0 Å². The van der Waals surface area contributed by atoms with Crippen LogP contribution in [0.4, 0.5) is 5.69 Å². The molecular formula is C15H11NO. The number of nitrogens with zero attached hydrogens (tertiary/aromatic N) is 1. The summed E-state index contributed by atoms with van der Waals surface area (Å²) in [6, 6.07) is 17.9. The zero-order chi connectivity index (χ0) is 11.5. The van der Waals surface area contributed by atoms with Crippen LogP contribution in [-0.2, 0) is 4.74 Å². The van der Waals surface area contributed by atoms with Crippen LogP contribution in [-0.4, -0.2) is 5.90 Å². The zero-order valence-corrected chi connectivity index (χ0v) is 9.21. The topological polar surface area (TPSA) is 21.6 Å². The lowest BCUT2D eigenvalue weighted by Gasteiger charge is -2.03. The van der Waals surface area contributed by atoms with Gasteiger partial charge in [0.15, 0.2) is 0 Å². The maximum Gasteiger partial charge on any atom is 0.226 e. The molecule has 0 aliphatic carbocycles. The van der Waals surface area contributed by atoms with Crippen LogP contribution in [0.3, 0.4) is 0 Å². The quantitative estimate of drug-likeness (QED) is 0.718. The maximum absolute atomic E-state index is 5.54.